The first-order valence-electron chi connectivity index (χ1n) is 9.92. The number of carboxylic acids is 2. The summed E-state index contributed by atoms with van der Waals surface area (Å²) in [5, 5.41) is 18.1. The summed E-state index contributed by atoms with van der Waals surface area (Å²) in [5.74, 6) is -0.789. The fourth-order valence-electron chi connectivity index (χ4n) is 4.41. The molecular formula is C23H27NO5. The number of rotatable bonds is 5. The molecule has 0 saturated carbocycles. The molecule has 2 N–H and O–H groups in total. The molecule has 2 aromatic carbocycles. The average Bonchev–Trinajstić information content (AvgIpc) is 2.94. The lowest BCUT2D eigenvalue weighted by atomic mass is 9.91. The Morgan fingerprint density at radius 2 is 1.66 bits per heavy atom. The van der Waals surface area contributed by atoms with E-state index in [1.54, 1.807) is 0 Å². The second kappa shape index (κ2) is 9.56. The van der Waals surface area contributed by atoms with Gasteiger partial charge in [-0.15, -0.1) is 0 Å². The third-order valence-electron chi connectivity index (χ3n) is 5.88. The Hall–Kier alpha value is -2.86. The summed E-state index contributed by atoms with van der Waals surface area (Å²) in [6.45, 7) is 0.857. The van der Waals surface area contributed by atoms with Crippen LogP contribution >= 0.6 is 0 Å². The number of nitrogens with zero attached hydrogens (tertiary/aromatic N) is 1. The highest BCUT2D eigenvalue weighted by Gasteiger charge is 2.40. The molecule has 0 spiro atoms. The Balaban J connectivity index is 0.000000258. The largest absolute Gasteiger partial charge is 0.493 e. The van der Waals surface area contributed by atoms with Gasteiger partial charge in [0.2, 0.25) is 0 Å². The number of carboxylic acid groups (broad SMARTS) is 2. The van der Waals surface area contributed by atoms with Crippen molar-refractivity contribution in [2.24, 2.45) is 5.92 Å². The average molecular weight is 397 g/mol. The van der Waals surface area contributed by atoms with E-state index in [0.717, 1.165) is 24.4 Å². The zero-order valence-corrected chi connectivity index (χ0v) is 16.5. The van der Waals surface area contributed by atoms with Crippen molar-refractivity contribution in [2.75, 3.05) is 13.7 Å². The maximum atomic E-state index is 9.55. The first-order chi connectivity index (χ1) is 14.0. The predicted molar refractivity (Wildman–Crippen MR) is 111 cm³/mol. The zero-order chi connectivity index (χ0) is 20.8. The predicted octanol–water partition coefficient (Wildman–Crippen LogP) is 3.80. The van der Waals surface area contributed by atoms with Crippen LogP contribution in [0.15, 0.2) is 54.6 Å². The van der Waals surface area contributed by atoms with Crippen LogP contribution in [0, 0.1) is 5.92 Å². The van der Waals surface area contributed by atoms with Gasteiger partial charge in [-0.05, 0) is 44.2 Å². The van der Waals surface area contributed by atoms with Crippen molar-refractivity contribution in [3.63, 3.8) is 0 Å². The first kappa shape index (κ1) is 20.9. The highest BCUT2D eigenvalue weighted by Crippen LogP contribution is 2.38. The van der Waals surface area contributed by atoms with Crippen molar-refractivity contribution in [1.29, 1.82) is 0 Å². The van der Waals surface area contributed by atoms with Crippen LogP contribution in [-0.4, -0.2) is 52.8 Å². The molecule has 6 heteroatoms. The van der Waals surface area contributed by atoms with Crippen LogP contribution in [0.2, 0.25) is 0 Å². The number of ether oxygens (including phenoxy) is 1. The van der Waals surface area contributed by atoms with E-state index in [2.05, 4.69) is 54.4 Å². The van der Waals surface area contributed by atoms with Crippen molar-refractivity contribution >= 4 is 22.7 Å². The van der Waals surface area contributed by atoms with Gasteiger partial charge in [-0.3, -0.25) is 0 Å². The lowest BCUT2D eigenvalue weighted by molar-refractivity contribution is -0.134. The third kappa shape index (κ3) is 5.35. The van der Waals surface area contributed by atoms with Gasteiger partial charge in [0.15, 0.2) is 0 Å². The molecule has 154 valence electrons. The first-order valence-corrected chi connectivity index (χ1v) is 9.92. The molecule has 4 rings (SSSR count). The van der Waals surface area contributed by atoms with Crippen LogP contribution in [0.4, 0.5) is 0 Å². The van der Waals surface area contributed by atoms with E-state index in [0.29, 0.717) is 18.1 Å². The SMILES string of the molecule is CN1C2CCC1[C@H](COc1cccc3ccccc13)CC2.O=C(O)/C=C/C(=O)O. The van der Waals surface area contributed by atoms with E-state index in [9.17, 15) is 9.59 Å². The van der Waals surface area contributed by atoms with Crippen molar-refractivity contribution in [1.82, 2.24) is 4.90 Å². The minimum atomic E-state index is -1.26. The molecule has 2 aliphatic heterocycles. The van der Waals surface area contributed by atoms with Gasteiger partial charge in [0.05, 0.1) is 6.61 Å². The normalized spacial score (nSPS) is 23.6. The van der Waals surface area contributed by atoms with Gasteiger partial charge in [0.1, 0.15) is 5.75 Å². The maximum Gasteiger partial charge on any atom is 0.328 e. The molecule has 0 radical (unpaired) electrons. The van der Waals surface area contributed by atoms with Crippen LogP contribution in [0.1, 0.15) is 25.7 Å². The molecule has 6 nitrogen and oxygen atoms in total. The topological polar surface area (TPSA) is 87.1 Å². The Morgan fingerprint density at radius 3 is 2.38 bits per heavy atom. The summed E-state index contributed by atoms with van der Waals surface area (Å²) < 4.78 is 6.23. The number of piperidine rings is 1. The van der Waals surface area contributed by atoms with Gasteiger partial charge in [-0.25, -0.2) is 9.59 Å². The van der Waals surface area contributed by atoms with Gasteiger partial charge < -0.3 is 19.8 Å². The molecule has 0 aromatic heterocycles. The molecule has 0 aliphatic carbocycles. The van der Waals surface area contributed by atoms with Gasteiger partial charge >= 0.3 is 11.9 Å². The second-order valence-electron chi connectivity index (χ2n) is 7.60. The fraction of sp³-hybridized carbons (Fsp3) is 0.391. The van der Waals surface area contributed by atoms with Gasteiger partial charge in [0.25, 0.3) is 0 Å². The Kier molecular flexibility index (Phi) is 6.88. The molecule has 2 heterocycles. The monoisotopic (exact) mass is 397 g/mol. The quantitative estimate of drug-likeness (QED) is 0.746. The maximum absolute atomic E-state index is 9.55. The smallest absolute Gasteiger partial charge is 0.328 e. The lowest BCUT2D eigenvalue weighted by Gasteiger charge is -2.37. The highest BCUT2D eigenvalue weighted by atomic mass is 16.5. The van der Waals surface area contributed by atoms with Crippen LogP contribution in [0.3, 0.4) is 0 Å². The van der Waals surface area contributed by atoms with Gasteiger partial charge in [0, 0.05) is 35.5 Å². The van der Waals surface area contributed by atoms with Crippen molar-refractivity contribution in [3.05, 3.63) is 54.6 Å². The minimum absolute atomic E-state index is 0.558. The summed E-state index contributed by atoms with van der Waals surface area (Å²) in [4.78, 5) is 21.7. The number of hydrogen-bond donors (Lipinski definition) is 2. The second-order valence-corrected chi connectivity index (χ2v) is 7.60. The Bertz CT molecular complexity index is 872. The summed E-state index contributed by atoms with van der Waals surface area (Å²) in [6.07, 6.45) is 6.52. The van der Waals surface area contributed by atoms with E-state index >= 15 is 0 Å². The minimum Gasteiger partial charge on any atom is -0.493 e. The molecule has 29 heavy (non-hydrogen) atoms. The van der Waals surface area contributed by atoms with E-state index in [4.69, 9.17) is 14.9 Å². The summed E-state index contributed by atoms with van der Waals surface area (Å²) >= 11 is 0. The van der Waals surface area contributed by atoms with Crippen LogP contribution in [-0.2, 0) is 9.59 Å². The van der Waals surface area contributed by atoms with Crippen molar-refractivity contribution in [2.45, 2.75) is 37.8 Å². The lowest BCUT2D eigenvalue weighted by Crippen LogP contribution is -2.43. The third-order valence-corrected chi connectivity index (χ3v) is 5.88. The number of aliphatic carboxylic acids is 2. The number of fused-ring (bicyclic) bond motifs is 3. The molecule has 0 amide bonds. The number of hydrogen-bond acceptors (Lipinski definition) is 4. The molecule has 2 unspecified atom stereocenters. The fourth-order valence-corrected chi connectivity index (χ4v) is 4.41. The molecule has 3 atom stereocenters. The Morgan fingerprint density at radius 1 is 1.00 bits per heavy atom. The van der Waals surface area contributed by atoms with E-state index in [1.807, 2.05) is 0 Å². The van der Waals surface area contributed by atoms with Crippen LogP contribution in [0.5, 0.6) is 5.75 Å². The van der Waals surface area contributed by atoms with Crippen LogP contribution in [0.25, 0.3) is 10.8 Å². The molecule has 2 fully saturated rings. The highest BCUT2D eigenvalue weighted by molar-refractivity contribution is 5.89. The Labute approximate surface area is 170 Å². The zero-order valence-electron chi connectivity index (χ0n) is 16.5. The van der Waals surface area contributed by atoms with E-state index < -0.39 is 11.9 Å². The molecule has 2 aromatic rings. The van der Waals surface area contributed by atoms with E-state index in [1.165, 1.54) is 36.5 Å². The molecule has 2 aliphatic rings. The summed E-state index contributed by atoms with van der Waals surface area (Å²) in [6, 6.07) is 16.4. The van der Waals surface area contributed by atoms with Crippen molar-refractivity contribution < 1.29 is 24.5 Å². The van der Waals surface area contributed by atoms with Gasteiger partial charge in [-0.1, -0.05) is 36.4 Å². The molecular weight excluding hydrogens is 370 g/mol. The number of benzene rings is 2. The number of carbonyl (C=O) groups is 2. The molecule has 2 saturated heterocycles. The molecule has 2 bridgehead atoms. The van der Waals surface area contributed by atoms with Gasteiger partial charge in [-0.2, -0.15) is 0 Å². The standard InChI is InChI=1S/C19H23NO.C4H4O4/c1-20-16-10-9-15(18(20)12-11-16)13-21-19-8-4-6-14-5-2-3-7-17(14)19;5-3(6)1-2-4(7)8/h2-8,15-16,18H,9-13H2,1H3;1-2H,(H,5,6)(H,7,8)/b;2-1+/t15-,16?,18?;/m0./s1. The van der Waals surface area contributed by atoms with Crippen molar-refractivity contribution in [3.8, 4) is 5.75 Å². The summed E-state index contributed by atoms with van der Waals surface area (Å²) in [5.41, 5.74) is 0. The van der Waals surface area contributed by atoms with E-state index in [-0.39, 0.29) is 0 Å². The van der Waals surface area contributed by atoms with Crippen LogP contribution < -0.4 is 4.74 Å². The summed E-state index contributed by atoms with van der Waals surface area (Å²) in [7, 11) is 2.30.